The van der Waals surface area contributed by atoms with E-state index in [1.54, 1.807) is 0 Å². The molecule has 0 atom stereocenters. The van der Waals surface area contributed by atoms with Crippen molar-refractivity contribution in [1.29, 1.82) is 0 Å². The van der Waals surface area contributed by atoms with Crippen LogP contribution in [-0.2, 0) is 5.41 Å². The highest BCUT2D eigenvalue weighted by Gasteiger charge is 2.35. The second kappa shape index (κ2) is 9.78. The molecule has 0 aliphatic heterocycles. The first-order chi connectivity index (χ1) is 22.1. The van der Waals surface area contributed by atoms with Gasteiger partial charge in [-0.1, -0.05) is 159 Å². The zero-order valence-electron chi connectivity index (χ0n) is 25.5. The van der Waals surface area contributed by atoms with Gasteiger partial charge in [-0.15, -0.1) is 0 Å². The van der Waals surface area contributed by atoms with E-state index in [4.69, 9.17) is 0 Å². The molecule has 0 unspecified atom stereocenters. The largest absolute Gasteiger partial charge is 0.0619 e. The molecule has 0 spiro atoms. The first-order valence-electron chi connectivity index (χ1n) is 15.9. The molecule has 0 amide bonds. The van der Waals surface area contributed by atoms with Gasteiger partial charge in [0.15, 0.2) is 0 Å². The van der Waals surface area contributed by atoms with Crippen LogP contribution in [0.15, 0.2) is 158 Å². The van der Waals surface area contributed by atoms with E-state index in [9.17, 15) is 0 Å². The van der Waals surface area contributed by atoms with E-state index >= 15 is 0 Å². The van der Waals surface area contributed by atoms with Gasteiger partial charge in [0, 0.05) is 5.41 Å². The van der Waals surface area contributed by atoms with E-state index in [-0.39, 0.29) is 5.41 Å². The maximum Gasteiger partial charge on any atom is 0.0159 e. The second-order valence-electron chi connectivity index (χ2n) is 12.9. The topological polar surface area (TPSA) is 0 Å². The molecule has 8 aromatic carbocycles. The fourth-order valence-corrected chi connectivity index (χ4v) is 7.90. The lowest BCUT2D eigenvalue weighted by Gasteiger charge is -2.22. The molecule has 0 N–H and O–H groups in total. The fourth-order valence-electron chi connectivity index (χ4n) is 7.90. The predicted octanol–water partition coefficient (Wildman–Crippen LogP) is 12.5. The van der Waals surface area contributed by atoms with Crippen molar-refractivity contribution in [2.75, 3.05) is 0 Å². The molecule has 0 heterocycles. The Morgan fingerprint density at radius 2 is 0.822 bits per heavy atom. The van der Waals surface area contributed by atoms with Crippen molar-refractivity contribution in [1.82, 2.24) is 0 Å². The van der Waals surface area contributed by atoms with Crippen molar-refractivity contribution in [2.45, 2.75) is 19.3 Å². The molecule has 8 aromatic rings. The number of hydrogen-bond acceptors (Lipinski definition) is 0. The summed E-state index contributed by atoms with van der Waals surface area (Å²) in [5.74, 6) is 0. The number of hydrogen-bond donors (Lipinski definition) is 0. The molecule has 0 saturated carbocycles. The Balaban J connectivity index is 1.24. The van der Waals surface area contributed by atoms with Gasteiger partial charge in [-0.25, -0.2) is 0 Å². The van der Waals surface area contributed by atoms with E-state index < -0.39 is 0 Å². The average Bonchev–Trinajstić information content (AvgIpc) is 3.33. The summed E-state index contributed by atoms with van der Waals surface area (Å²) in [6, 6.07) is 58.4. The van der Waals surface area contributed by atoms with Crippen LogP contribution in [0.4, 0.5) is 0 Å². The van der Waals surface area contributed by atoms with Gasteiger partial charge >= 0.3 is 0 Å². The van der Waals surface area contributed by atoms with Crippen LogP contribution in [-0.4, -0.2) is 0 Å². The lowest BCUT2D eigenvalue weighted by atomic mass is 9.81. The third-order valence-corrected chi connectivity index (χ3v) is 10.1. The smallest absolute Gasteiger partial charge is 0.0159 e. The lowest BCUT2D eigenvalue weighted by Crippen LogP contribution is -2.14. The maximum absolute atomic E-state index is 2.44. The maximum atomic E-state index is 2.44. The van der Waals surface area contributed by atoms with Crippen molar-refractivity contribution >= 4 is 32.3 Å². The number of fused-ring (bicyclic) bond motifs is 7. The fraction of sp³-hybridized carbons (Fsp3) is 0.0667. The zero-order chi connectivity index (χ0) is 30.1. The SMILES string of the molecule is CC1(C)c2ccccc2-c2ccc(-c3cccc4c(-c5ccccc5-c5cc6ccccc6c6ccccc56)cccc34)cc21. The highest BCUT2D eigenvalue weighted by molar-refractivity contribution is 6.16. The summed E-state index contributed by atoms with van der Waals surface area (Å²) in [5, 5.41) is 7.69. The minimum atomic E-state index is -0.0285. The second-order valence-corrected chi connectivity index (χ2v) is 12.9. The third kappa shape index (κ3) is 3.85. The summed E-state index contributed by atoms with van der Waals surface area (Å²) < 4.78 is 0. The zero-order valence-corrected chi connectivity index (χ0v) is 25.5. The molecular weight excluding hydrogens is 540 g/mol. The van der Waals surface area contributed by atoms with E-state index in [1.807, 2.05) is 0 Å². The molecule has 0 saturated heterocycles. The van der Waals surface area contributed by atoms with Crippen molar-refractivity contribution in [3.05, 3.63) is 169 Å². The summed E-state index contributed by atoms with van der Waals surface area (Å²) in [5.41, 5.74) is 13.1. The first kappa shape index (κ1) is 26.0. The Morgan fingerprint density at radius 3 is 1.62 bits per heavy atom. The van der Waals surface area contributed by atoms with Gasteiger partial charge in [0.2, 0.25) is 0 Å². The molecule has 0 fully saturated rings. The van der Waals surface area contributed by atoms with Gasteiger partial charge < -0.3 is 0 Å². The monoisotopic (exact) mass is 572 g/mol. The molecule has 212 valence electrons. The minimum absolute atomic E-state index is 0.0285. The van der Waals surface area contributed by atoms with Crippen molar-refractivity contribution in [3.8, 4) is 44.5 Å². The van der Waals surface area contributed by atoms with Gasteiger partial charge in [0.05, 0.1) is 0 Å². The summed E-state index contributed by atoms with van der Waals surface area (Å²) in [6.45, 7) is 4.71. The Labute approximate surface area is 264 Å². The van der Waals surface area contributed by atoms with E-state index in [2.05, 4.69) is 172 Å². The van der Waals surface area contributed by atoms with Crippen LogP contribution < -0.4 is 0 Å². The van der Waals surface area contributed by atoms with Crippen LogP contribution >= 0.6 is 0 Å². The van der Waals surface area contributed by atoms with E-state index in [1.165, 1.54) is 88.0 Å². The number of rotatable bonds is 3. The molecule has 9 rings (SSSR count). The lowest BCUT2D eigenvalue weighted by molar-refractivity contribution is 0.660. The summed E-state index contributed by atoms with van der Waals surface area (Å²) in [6.07, 6.45) is 0. The first-order valence-corrected chi connectivity index (χ1v) is 15.9. The van der Waals surface area contributed by atoms with Gasteiger partial charge in [0.1, 0.15) is 0 Å². The van der Waals surface area contributed by atoms with Crippen LogP contribution in [0.2, 0.25) is 0 Å². The van der Waals surface area contributed by atoms with Gasteiger partial charge in [-0.2, -0.15) is 0 Å². The molecule has 0 heteroatoms. The molecule has 0 nitrogen and oxygen atoms in total. The Morgan fingerprint density at radius 1 is 0.311 bits per heavy atom. The van der Waals surface area contributed by atoms with Gasteiger partial charge in [-0.05, 0) is 100 Å². The van der Waals surface area contributed by atoms with Crippen LogP contribution in [0, 0.1) is 0 Å². The molecule has 0 bridgehead atoms. The quantitative estimate of drug-likeness (QED) is 0.185. The van der Waals surface area contributed by atoms with Crippen LogP contribution in [0.5, 0.6) is 0 Å². The standard InChI is InChI=1S/C45H32/c1-45(2)43-24-10-9-19-40(43)41-26-25-30(28-44(41)45)32-20-11-22-36-34(32)21-12-23-37(36)35-16-6-8-18-39(35)42-27-29-13-3-4-14-31(29)33-15-5-7-17-38(33)42/h3-28H,1-2H3. The van der Waals surface area contributed by atoms with Crippen LogP contribution in [0.1, 0.15) is 25.0 Å². The van der Waals surface area contributed by atoms with Gasteiger partial charge in [0.25, 0.3) is 0 Å². The summed E-state index contributed by atoms with van der Waals surface area (Å²) in [7, 11) is 0. The van der Waals surface area contributed by atoms with Crippen molar-refractivity contribution in [2.24, 2.45) is 0 Å². The predicted molar refractivity (Wildman–Crippen MR) is 193 cm³/mol. The van der Waals surface area contributed by atoms with Crippen LogP contribution in [0.25, 0.3) is 76.8 Å². The Hall–Kier alpha value is -5.46. The molecule has 1 aliphatic rings. The van der Waals surface area contributed by atoms with Crippen molar-refractivity contribution in [3.63, 3.8) is 0 Å². The van der Waals surface area contributed by atoms with E-state index in [0.29, 0.717) is 0 Å². The minimum Gasteiger partial charge on any atom is -0.0619 e. The Kier molecular flexibility index (Phi) is 5.64. The number of benzene rings is 8. The normalized spacial score (nSPS) is 13.3. The Bertz CT molecular complexity index is 2460. The highest BCUT2D eigenvalue weighted by Crippen LogP contribution is 2.50. The molecule has 0 radical (unpaired) electrons. The van der Waals surface area contributed by atoms with Crippen LogP contribution in [0.3, 0.4) is 0 Å². The molecule has 1 aliphatic carbocycles. The summed E-state index contributed by atoms with van der Waals surface area (Å²) >= 11 is 0. The highest BCUT2D eigenvalue weighted by atomic mass is 14.4. The van der Waals surface area contributed by atoms with E-state index in [0.717, 1.165) is 0 Å². The average molecular weight is 573 g/mol. The van der Waals surface area contributed by atoms with Crippen molar-refractivity contribution < 1.29 is 0 Å². The summed E-state index contributed by atoms with van der Waals surface area (Å²) in [4.78, 5) is 0. The molecule has 0 aromatic heterocycles. The molecular formula is C45H32. The van der Waals surface area contributed by atoms with Gasteiger partial charge in [-0.3, -0.25) is 0 Å². The molecule has 45 heavy (non-hydrogen) atoms. The third-order valence-electron chi connectivity index (χ3n) is 10.1.